The number of fused-ring (bicyclic) bond motifs is 1. The molecule has 2 aromatic carbocycles. The topological polar surface area (TPSA) is 33.4 Å². The molecule has 3 heterocycles. The van der Waals surface area contributed by atoms with Gasteiger partial charge in [0.15, 0.2) is 5.65 Å². The molecular weight excluding hydrogens is 351 g/mol. The second-order valence-electron chi connectivity index (χ2n) is 7.43. The van der Waals surface area contributed by atoms with Crippen LogP contribution in [0.1, 0.15) is 23.5 Å². The molecule has 0 aliphatic carbocycles. The van der Waals surface area contributed by atoms with Crippen molar-refractivity contribution in [2.75, 3.05) is 13.1 Å². The number of benzene rings is 2. The molecule has 0 N–H and O–H groups in total. The predicted octanol–water partition coefficient (Wildman–Crippen LogP) is 4.52. The van der Waals surface area contributed by atoms with E-state index in [1.807, 2.05) is 47.2 Å². The molecule has 1 aliphatic rings. The van der Waals surface area contributed by atoms with E-state index >= 15 is 0 Å². The van der Waals surface area contributed by atoms with Crippen molar-refractivity contribution in [3.05, 3.63) is 90.1 Å². The Labute approximate surface area is 163 Å². The van der Waals surface area contributed by atoms with Gasteiger partial charge in [0.25, 0.3) is 0 Å². The van der Waals surface area contributed by atoms with Gasteiger partial charge in [-0.3, -0.25) is 4.90 Å². The largest absolute Gasteiger partial charge is 0.298 e. The lowest BCUT2D eigenvalue weighted by molar-refractivity contribution is 0.326. The summed E-state index contributed by atoms with van der Waals surface area (Å²) >= 11 is 0. The molecule has 140 valence electrons. The minimum Gasteiger partial charge on any atom is -0.298 e. The Morgan fingerprint density at radius 2 is 1.82 bits per heavy atom. The first-order chi connectivity index (χ1) is 13.8. The Balaban J connectivity index is 1.31. The average Bonchev–Trinajstić information content (AvgIpc) is 3.36. The number of hydrogen-bond donors (Lipinski definition) is 0. The van der Waals surface area contributed by atoms with Crippen LogP contribution >= 0.6 is 0 Å². The van der Waals surface area contributed by atoms with Crippen LogP contribution in [0.15, 0.2) is 73.2 Å². The van der Waals surface area contributed by atoms with Gasteiger partial charge < -0.3 is 0 Å². The zero-order chi connectivity index (χ0) is 18.9. The molecule has 0 saturated carbocycles. The molecule has 5 rings (SSSR count). The van der Waals surface area contributed by atoms with Gasteiger partial charge in [-0.25, -0.2) is 13.9 Å². The van der Waals surface area contributed by atoms with E-state index < -0.39 is 0 Å². The quantitative estimate of drug-likeness (QED) is 0.528. The number of aromatic nitrogens is 3. The van der Waals surface area contributed by atoms with Crippen LogP contribution < -0.4 is 0 Å². The highest BCUT2D eigenvalue weighted by Crippen LogP contribution is 2.28. The van der Waals surface area contributed by atoms with Crippen molar-refractivity contribution >= 4 is 5.65 Å². The normalized spacial score (nSPS) is 17.4. The Bertz CT molecular complexity index is 1090. The molecule has 1 atom stereocenters. The molecule has 4 nitrogen and oxygen atoms in total. The third-order valence-corrected chi connectivity index (χ3v) is 5.51. The highest BCUT2D eigenvalue weighted by Gasteiger charge is 2.24. The SMILES string of the molecule is Fc1ccc(C2CCN(Cc3cnc4c(-c5ccccc5)cnn4c3)C2)cc1. The Kier molecular flexibility index (Phi) is 4.37. The maximum atomic E-state index is 13.1. The summed E-state index contributed by atoms with van der Waals surface area (Å²) in [6, 6.07) is 17.1. The maximum Gasteiger partial charge on any atom is 0.162 e. The van der Waals surface area contributed by atoms with Crippen molar-refractivity contribution in [2.24, 2.45) is 0 Å². The lowest BCUT2D eigenvalue weighted by Crippen LogP contribution is -2.20. The van der Waals surface area contributed by atoms with Gasteiger partial charge in [-0.05, 0) is 42.1 Å². The molecule has 1 fully saturated rings. The monoisotopic (exact) mass is 372 g/mol. The maximum absolute atomic E-state index is 13.1. The molecule has 28 heavy (non-hydrogen) atoms. The van der Waals surface area contributed by atoms with Gasteiger partial charge in [0.05, 0.1) is 6.20 Å². The molecule has 0 radical (unpaired) electrons. The van der Waals surface area contributed by atoms with Crippen LogP contribution in [0.4, 0.5) is 4.39 Å². The standard InChI is InChI=1S/C23H21FN4/c24-21-8-6-18(7-9-21)20-10-11-27(16-20)14-17-12-25-23-22(13-26-28(23)15-17)19-4-2-1-3-5-19/h1-9,12-13,15,20H,10-11,14,16H2. The van der Waals surface area contributed by atoms with Gasteiger partial charge in [-0.15, -0.1) is 0 Å². The summed E-state index contributed by atoms with van der Waals surface area (Å²) in [7, 11) is 0. The van der Waals surface area contributed by atoms with Gasteiger partial charge in [-0.1, -0.05) is 42.5 Å². The third-order valence-electron chi connectivity index (χ3n) is 5.51. The van der Waals surface area contributed by atoms with Gasteiger partial charge in [0.2, 0.25) is 0 Å². The fourth-order valence-corrected chi connectivity index (χ4v) is 4.06. The van der Waals surface area contributed by atoms with Gasteiger partial charge in [0.1, 0.15) is 5.82 Å². The molecular formula is C23H21FN4. The van der Waals surface area contributed by atoms with E-state index in [0.717, 1.165) is 48.4 Å². The van der Waals surface area contributed by atoms with Crippen molar-refractivity contribution in [1.29, 1.82) is 0 Å². The second-order valence-corrected chi connectivity index (χ2v) is 7.43. The number of hydrogen-bond acceptors (Lipinski definition) is 3. The summed E-state index contributed by atoms with van der Waals surface area (Å²) in [4.78, 5) is 7.11. The predicted molar refractivity (Wildman–Crippen MR) is 107 cm³/mol. The summed E-state index contributed by atoms with van der Waals surface area (Å²) in [5, 5.41) is 4.50. The van der Waals surface area contributed by atoms with Crippen LogP contribution in [0.3, 0.4) is 0 Å². The lowest BCUT2D eigenvalue weighted by atomic mass is 9.99. The van der Waals surface area contributed by atoms with Crippen LogP contribution in [0.5, 0.6) is 0 Å². The van der Waals surface area contributed by atoms with Crippen molar-refractivity contribution in [2.45, 2.75) is 18.9 Å². The van der Waals surface area contributed by atoms with E-state index in [1.54, 1.807) is 12.1 Å². The van der Waals surface area contributed by atoms with E-state index in [1.165, 1.54) is 5.56 Å². The molecule has 0 amide bonds. The minimum atomic E-state index is -0.174. The summed E-state index contributed by atoms with van der Waals surface area (Å²) in [5.41, 5.74) is 5.41. The van der Waals surface area contributed by atoms with Gasteiger partial charge in [0, 0.05) is 36.6 Å². The van der Waals surface area contributed by atoms with E-state index in [2.05, 4.69) is 33.3 Å². The van der Waals surface area contributed by atoms with Crippen LogP contribution in [0, 0.1) is 5.82 Å². The van der Waals surface area contributed by atoms with Gasteiger partial charge in [-0.2, -0.15) is 5.10 Å². The van der Waals surface area contributed by atoms with Crippen LogP contribution in [0.25, 0.3) is 16.8 Å². The number of likely N-dealkylation sites (tertiary alicyclic amines) is 1. The third kappa shape index (κ3) is 3.29. The zero-order valence-electron chi connectivity index (χ0n) is 15.5. The molecule has 2 aromatic heterocycles. The summed E-state index contributed by atoms with van der Waals surface area (Å²) in [6.07, 6.45) is 7.00. The first-order valence-corrected chi connectivity index (χ1v) is 9.62. The van der Waals surface area contributed by atoms with Crippen molar-refractivity contribution < 1.29 is 4.39 Å². The summed E-state index contributed by atoms with van der Waals surface area (Å²) in [6.45, 7) is 2.87. The second kappa shape index (κ2) is 7.17. The van der Waals surface area contributed by atoms with E-state index in [4.69, 9.17) is 0 Å². The van der Waals surface area contributed by atoms with Crippen LogP contribution in [-0.4, -0.2) is 32.6 Å². The van der Waals surface area contributed by atoms with Crippen molar-refractivity contribution in [1.82, 2.24) is 19.5 Å². The van der Waals surface area contributed by atoms with Crippen molar-refractivity contribution in [3.8, 4) is 11.1 Å². The number of nitrogens with zero attached hydrogens (tertiary/aromatic N) is 4. The zero-order valence-corrected chi connectivity index (χ0v) is 15.5. The molecule has 1 aliphatic heterocycles. The minimum absolute atomic E-state index is 0.174. The molecule has 1 saturated heterocycles. The highest BCUT2D eigenvalue weighted by molar-refractivity contribution is 5.76. The van der Waals surface area contributed by atoms with E-state index in [0.29, 0.717) is 5.92 Å². The first kappa shape index (κ1) is 17.1. The molecule has 0 spiro atoms. The highest BCUT2D eigenvalue weighted by atomic mass is 19.1. The number of halogens is 1. The molecule has 0 bridgehead atoms. The Morgan fingerprint density at radius 3 is 2.64 bits per heavy atom. The average molecular weight is 372 g/mol. The fraction of sp³-hybridized carbons (Fsp3) is 0.217. The van der Waals surface area contributed by atoms with Crippen LogP contribution in [0.2, 0.25) is 0 Å². The van der Waals surface area contributed by atoms with E-state index in [9.17, 15) is 4.39 Å². The molecule has 1 unspecified atom stereocenters. The Hall–Kier alpha value is -3.05. The van der Waals surface area contributed by atoms with Crippen LogP contribution in [-0.2, 0) is 6.54 Å². The molecule has 4 aromatic rings. The fourth-order valence-electron chi connectivity index (χ4n) is 4.06. The lowest BCUT2D eigenvalue weighted by Gasteiger charge is -2.16. The Morgan fingerprint density at radius 1 is 1.00 bits per heavy atom. The van der Waals surface area contributed by atoms with Crippen molar-refractivity contribution in [3.63, 3.8) is 0 Å². The number of rotatable bonds is 4. The summed E-state index contributed by atoms with van der Waals surface area (Å²) in [5.74, 6) is 0.291. The van der Waals surface area contributed by atoms with Gasteiger partial charge >= 0.3 is 0 Å². The molecule has 5 heteroatoms. The first-order valence-electron chi connectivity index (χ1n) is 9.62. The smallest absolute Gasteiger partial charge is 0.162 e. The van der Waals surface area contributed by atoms with E-state index in [-0.39, 0.29) is 5.82 Å². The summed E-state index contributed by atoms with van der Waals surface area (Å²) < 4.78 is 15.0.